The number of halogens is 3. The van der Waals surface area contributed by atoms with Crippen molar-refractivity contribution >= 4 is 0 Å². The van der Waals surface area contributed by atoms with Gasteiger partial charge >= 0.3 is 6.36 Å². The molecule has 0 saturated carbocycles. The van der Waals surface area contributed by atoms with Gasteiger partial charge in [-0.3, -0.25) is 0 Å². The summed E-state index contributed by atoms with van der Waals surface area (Å²) in [5.74, 6) is 0.504. The second-order valence-corrected chi connectivity index (χ2v) is 4.43. The maximum atomic E-state index is 12.0. The molecule has 1 aromatic heterocycles. The first-order valence-corrected chi connectivity index (χ1v) is 5.99. The number of rotatable bonds is 4. The number of ether oxygens (including phenoxy) is 1. The highest BCUT2D eigenvalue weighted by atomic mass is 19.4. The molecule has 0 bridgehead atoms. The molecule has 2 N–H and O–H groups in total. The van der Waals surface area contributed by atoms with E-state index < -0.39 is 6.36 Å². The first kappa shape index (κ1) is 14.5. The summed E-state index contributed by atoms with van der Waals surface area (Å²) in [5.41, 5.74) is 7.76. The Morgan fingerprint density at radius 3 is 2.35 bits per heavy atom. The van der Waals surface area contributed by atoms with Crippen molar-refractivity contribution in [3.05, 3.63) is 53.5 Å². The molecule has 2 aromatic rings. The second kappa shape index (κ2) is 5.58. The fourth-order valence-electron chi connectivity index (χ4n) is 1.97. The molecule has 0 radical (unpaired) electrons. The first-order valence-electron chi connectivity index (χ1n) is 5.99. The van der Waals surface area contributed by atoms with E-state index in [1.54, 1.807) is 24.5 Å². The van der Waals surface area contributed by atoms with Gasteiger partial charge in [0.15, 0.2) is 0 Å². The number of alkyl halides is 3. The zero-order chi connectivity index (χ0) is 14.8. The van der Waals surface area contributed by atoms with Gasteiger partial charge in [0.05, 0.1) is 6.26 Å². The molecule has 0 aliphatic heterocycles. The van der Waals surface area contributed by atoms with Crippen molar-refractivity contribution in [2.45, 2.75) is 25.7 Å². The third-order valence-corrected chi connectivity index (χ3v) is 2.91. The van der Waals surface area contributed by atoms with E-state index in [0.717, 1.165) is 16.9 Å². The Morgan fingerprint density at radius 1 is 1.20 bits per heavy atom. The van der Waals surface area contributed by atoms with Gasteiger partial charge in [-0.05, 0) is 37.1 Å². The van der Waals surface area contributed by atoms with Crippen molar-refractivity contribution in [2.75, 3.05) is 0 Å². The minimum Gasteiger partial charge on any atom is -0.469 e. The molecule has 0 spiro atoms. The van der Waals surface area contributed by atoms with Crippen LogP contribution in [0.4, 0.5) is 13.2 Å². The summed E-state index contributed by atoms with van der Waals surface area (Å²) in [6.45, 7) is 1.81. The van der Waals surface area contributed by atoms with Crippen LogP contribution in [0.15, 0.2) is 41.0 Å². The van der Waals surface area contributed by atoms with Crippen LogP contribution in [0, 0.1) is 6.92 Å². The van der Waals surface area contributed by atoms with Crippen LogP contribution >= 0.6 is 0 Å². The van der Waals surface area contributed by atoms with Gasteiger partial charge in [-0.15, -0.1) is 13.2 Å². The summed E-state index contributed by atoms with van der Waals surface area (Å²) in [4.78, 5) is 0. The van der Waals surface area contributed by atoms with Crippen molar-refractivity contribution in [1.82, 2.24) is 0 Å². The third kappa shape index (κ3) is 3.77. The van der Waals surface area contributed by atoms with Gasteiger partial charge in [-0.25, -0.2) is 0 Å². The largest absolute Gasteiger partial charge is 0.573 e. The van der Waals surface area contributed by atoms with Gasteiger partial charge in [0.2, 0.25) is 0 Å². The molecule has 1 heterocycles. The molecule has 1 aromatic carbocycles. The standard InChI is InChI=1S/C14H14F3NO2/c1-9-12(6-7-19-9)13(18)8-10-2-4-11(5-3-10)20-14(15,16)17/h2-7,13H,8,18H2,1H3. The molecule has 2 rings (SSSR count). The Balaban J connectivity index is 2.02. The first-order chi connectivity index (χ1) is 9.35. The predicted octanol–water partition coefficient (Wildman–Crippen LogP) is 3.73. The lowest BCUT2D eigenvalue weighted by atomic mass is 10.0. The van der Waals surface area contributed by atoms with Crippen LogP contribution in [-0.4, -0.2) is 6.36 Å². The van der Waals surface area contributed by atoms with E-state index in [9.17, 15) is 13.2 Å². The summed E-state index contributed by atoms with van der Waals surface area (Å²) in [7, 11) is 0. The Morgan fingerprint density at radius 2 is 1.85 bits per heavy atom. The molecular formula is C14H14F3NO2. The number of hydrogen-bond acceptors (Lipinski definition) is 3. The highest BCUT2D eigenvalue weighted by Crippen LogP contribution is 2.25. The predicted molar refractivity (Wildman–Crippen MR) is 67.2 cm³/mol. The Hall–Kier alpha value is -1.95. The van der Waals surface area contributed by atoms with E-state index in [-0.39, 0.29) is 11.8 Å². The molecule has 1 atom stereocenters. The maximum absolute atomic E-state index is 12.0. The highest BCUT2D eigenvalue weighted by Gasteiger charge is 2.30. The van der Waals surface area contributed by atoms with Crippen molar-refractivity contribution in [1.29, 1.82) is 0 Å². The Bertz CT molecular complexity index is 561. The lowest BCUT2D eigenvalue weighted by Crippen LogP contribution is -2.17. The van der Waals surface area contributed by atoms with Crippen molar-refractivity contribution in [3.63, 3.8) is 0 Å². The molecule has 0 saturated heterocycles. The molecule has 108 valence electrons. The van der Waals surface area contributed by atoms with Crippen LogP contribution in [0.5, 0.6) is 5.75 Å². The van der Waals surface area contributed by atoms with E-state index in [2.05, 4.69) is 4.74 Å². The van der Waals surface area contributed by atoms with E-state index in [1.807, 2.05) is 6.92 Å². The van der Waals surface area contributed by atoms with Crippen molar-refractivity contribution in [3.8, 4) is 5.75 Å². The van der Waals surface area contributed by atoms with Crippen molar-refractivity contribution < 1.29 is 22.3 Å². The number of aryl methyl sites for hydroxylation is 1. The lowest BCUT2D eigenvalue weighted by molar-refractivity contribution is -0.274. The Kier molecular flexibility index (Phi) is 4.04. The normalized spacial score (nSPS) is 13.2. The van der Waals surface area contributed by atoms with E-state index >= 15 is 0 Å². The highest BCUT2D eigenvalue weighted by molar-refractivity contribution is 5.30. The van der Waals surface area contributed by atoms with Crippen LogP contribution in [-0.2, 0) is 6.42 Å². The Labute approximate surface area is 114 Å². The molecule has 20 heavy (non-hydrogen) atoms. The minimum atomic E-state index is -4.67. The summed E-state index contributed by atoms with van der Waals surface area (Å²) in [6.07, 6.45) is -2.61. The average molecular weight is 285 g/mol. The van der Waals surface area contributed by atoms with Gasteiger partial charge in [0, 0.05) is 11.6 Å². The number of benzene rings is 1. The smallest absolute Gasteiger partial charge is 0.469 e. The minimum absolute atomic E-state index is 0.241. The van der Waals surface area contributed by atoms with Gasteiger partial charge in [-0.1, -0.05) is 12.1 Å². The number of furan rings is 1. The summed E-state index contributed by atoms with van der Waals surface area (Å²) in [5, 5.41) is 0. The zero-order valence-electron chi connectivity index (χ0n) is 10.8. The van der Waals surface area contributed by atoms with Crippen LogP contribution in [0.25, 0.3) is 0 Å². The number of nitrogens with two attached hydrogens (primary N) is 1. The lowest BCUT2D eigenvalue weighted by Gasteiger charge is -2.12. The van der Waals surface area contributed by atoms with Crippen molar-refractivity contribution in [2.24, 2.45) is 5.73 Å². The molecular weight excluding hydrogens is 271 g/mol. The van der Waals surface area contributed by atoms with Gasteiger partial charge in [0.1, 0.15) is 11.5 Å². The van der Waals surface area contributed by atoms with E-state index in [1.165, 1.54) is 12.1 Å². The van der Waals surface area contributed by atoms with E-state index in [4.69, 9.17) is 10.2 Å². The molecule has 0 fully saturated rings. The molecule has 0 aliphatic carbocycles. The average Bonchev–Trinajstić information content (AvgIpc) is 2.76. The van der Waals surface area contributed by atoms with Gasteiger partial charge in [-0.2, -0.15) is 0 Å². The topological polar surface area (TPSA) is 48.4 Å². The molecule has 1 unspecified atom stereocenters. The maximum Gasteiger partial charge on any atom is 0.573 e. The zero-order valence-corrected chi connectivity index (χ0v) is 10.8. The summed E-state index contributed by atoms with van der Waals surface area (Å²) < 4.78 is 45.1. The van der Waals surface area contributed by atoms with Crippen LogP contribution in [0.2, 0.25) is 0 Å². The SMILES string of the molecule is Cc1occc1C(N)Cc1ccc(OC(F)(F)F)cc1. The molecule has 3 nitrogen and oxygen atoms in total. The summed E-state index contributed by atoms with van der Waals surface area (Å²) in [6, 6.07) is 7.21. The molecule has 0 amide bonds. The van der Waals surface area contributed by atoms with E-state index in [0.29, 0.717) is 6.42 Å². The number of hydrogen-bond donors (Lipinski definition) is 1. The molecule has 6 heteroatoms. The quantitative estimate of drug-likeness (QED) is 0.931. The summed E-state index contributed by atoms with van der Waals surface area (Å²) >= 11 is 0. The van der Waals surface area contributed by atoms with Gasteiger partial charge < -0.3 is 14.9 Å². The molecule has 0 aliphatic rings. The monoisotopic (exact) mass is 285 g/mol. The van der Waals surface area contributed by atoms with Gasteiger partial charge in [0.25, 0.3) is 0 Å². The fraction of sp³-hybridized carbons (Fsp3) is 0.286. The van der Waals surface area contributed by atoms with Crippen LogP contribution in [0.3, 0.4) is 0 Å². The van der Waals surface area contributed by atoms with Crippen LogP contribution < -0.4 is 10.5 Å². The second-order valence-electron chi connectivity index (χ2n) is 4.43. The fourth-order valence-corrected chi connectivity index (χ4v) is 1.97. The van der Waals surface area contributed by atoms with Crippen LogP contribution in [0.1, 0.15) is 22.9 Å². The third-order valence-electron chi connectivity index (χ3n) is 2.91.